The van der Waals surface area contributed by atoms with Gasteiger partial charge in [0.15, 0.2) is 5.69 Å². The zero-order chi connectivity index (χ0) is 31.3. The maximum Gasteiger partial charge on any atom is 0.409 e. The van der Waals surface area contributed by atoms with Crippen molar-refractivity contribution in [3.05, 3.63) is 77.6 Å². The number of carboxylic acid groups (broad SMARTS) is 1. The third kappa shape index (κ3) is 7.10. The Labute approximate surface area is 251 Å². The molecule has 1 saturated heterocycles. The SMILES string of the molecule is CCCC[C@@H](C(=O)C(=O)NC(C)c1ccccc1)N(C(=O)O)C1CC(C)(C)CN1C(=O)c1nn(-c2ccccc2)nc1C. The zero-order valence-electron chi connectivity index (χ0n) is 25.4. The van der Waals surface area contributed by atoms with Crippen molar-refractivity contribution in [2.24, 2.45) is 5.41 Å². The highest BCUT2D eigenvalue weighted by atomic mass is 16.4. The number of hydrogen-bond donors (Lipinski definition) is 2. The van der Waals surface area contributed by atoms with E-state index in [1.54, 1.807) is 13.8 Å². The summed E-state index contributed by atoms with van der Waals surface area (Å²) in [6, 6.07) is 16.7. The fourth-order valence-electron chi connectivity index (χ4n) is 5.59. The average Bonchev–Trinajstić information content (AvgIpc) is 3.53. The van der Waals surface area contributed by atoms with Crippen LogP contribution in [0.2, 0.25) is 0 Å². The third-order valence-corrected chi connectivity index (χ3v) is 7.81. The fraction of sp³-hybridized carbons (Fsp3) is 0.438. The molecule has 4 rings (SSSR count). The number of likely N-dealkylation sites (tertiary alicyclic amines) is 1. The number of hydrogen-bond acceptors (Lipinski definition) is 6. The molecule has 3 atom stereocenters. The minimum atomic E-state index is -1.37. The lowest BCUT2D eigenvalue weighted by Crippen LogP contribution is -2.58. The highest BCUT2D eigenvalue weighted by molar-refractivity contribution is 6.38. The van der Waals surface area contributed by atoms with Crippen LogP contribution >= 0.6 is 0 Å². The van der Waals surface area contributed by atoms with Crippen LogP contribution in [-0.4, -0.2) is 72.3 Å². The number of unbranched alkanes of at least 4 members (excludes halogenated alkanes) is 1. The van der Waals surface area contributed by atoms with E-state index in [2.05, 4.69) is 15.5 Å². The van der Waals surface area contributed by atoms with E-state index in [1.807, 2.05) is 81.4 Å². The summed E-state index contributed by atoms with van der Waals surface area (Å²) in [6.45, 7) is 9.50. The summed E-state index contributed by atoms with van der Waals surface area (Å²) < 4.78 is 0. The van der Waals surface area contributed by atoms with Crippen molar-refractivity contribution in [3.63, 3.8) is 0 Å². The predicted octanol–water partition coefficient (Wildman–Crippen LogP) is 4.76. The lowest BCUT2D eigenvalue weighted by molar-refractivity contribution is -0.142. The van der Waals surface area contributed by atoms with E-state index in [0.29, 0.717) is 24.2 Å². The molecule has 2 unspecified atom stereocenters. The molecule has 1 aliphatic rings. The maximum absolute atomic E-state index is 14.0. The molecule has 228 valence electrons. The molecule has 11 heteroatoms. The van der Waals surface area contributed by atoms with E-state index in [-0.39, 0.29) is 25.1 Å². The number of amides is 3. The first-order valence-electron chi connectivity index (χ1n) is 14.6. The Morgan fingerprint density at radius 2 is 1.67 bits per heavy atom. The van der Waals surface area contributed by atoms with Crippen LogP contribution in [0.15, 0.2) is 60.7 Å². The summed E-state index contributed by atoms with van der Waals surface area (Å²) >= 11 is 0. The molecule has 0 radical (unpaired) electrons. The van der Waals surface area contributed by atoms with Gasteiger partial charge in [-0.3, -0.25) is 19.3 Å². The zero-order valence-corrected chi connectivity index (χ0v) is 25.4. The summed E-state index contributed by atoms with van der Waals surface area (Å²) in [4.78, 5) is 57.7. The second-order valence-electron chi connectivity index (χ2n) is 11.9. The summed E-state index contributed by atoms with van der Waals surface area (Å²) in [6.07, 6.45) is -0.697. The largest absolute Gasteiger partial charge is 0.465 e. The van der Waals surface area contributed by atoms with Crippen LogP contribution in [0.5, 0.6) is 0 Å². The molecule has 3 aromatic rings. The van der Waals surface area contributed by atoms with Crippen molar-refractivity contribution < 1.29 is 24.3 Å². The first-order valence-corrected chi connectivity index (χ1v) is 14.6. The van der Waals surface area contributed by atoms with Crippen molar-refractivity contribution in [1.29, 1.82) is 0 Å². The number of nitrogens with zero attached hydrogens (tertiary/aromatic N) is 5. The number of rotatable bonds is 11. The molecule has 1 aliphatic heterocycles. The molecule has 1 aromatic heterocycles. The van der Waals surface area contributed by atoms with E-state index in [9.17, 15) is 24.3 Å². The Kier molecular flexibility index (Phi) is 9.63. The molecule has 0 saturated carbocycles. The van der Waals surface area contributed by atoms with Crippen LogP contribution < -0.4 is 5.32 Å². The smallest absolute Gasteiger partial charge is 0.409 e. The molecule has 11 nitrogen and oxygen atoms in total. The van der Waals surface area contributed by atoms with Crippen LogP contribution in [0, 0.1) is 12.3 Å². The van der Waals surface area contributed by atoms with Gasteiger partial charge in [-0.2, -0.15) is 9.90 Å². The van der Waals surface area contributed by atoms with Gasteiger partial charge in [0.25, 0.3) is 11.8 Å². The quantitative estimate of drug-likeness (QED) is 0.308. The molecule has 43 heavy (non-hydrogen) atoms. The number of aryl methyl sites for hydroxylation is 1. The molecule has 0 spiro atoms. The minimum Gasteiger partial charge on any atom is -0.465 e. The van der Waals surface area contributed by atoms with E-state index in [1.165, 1.54) is 9.70 Å². The van der Waals surface area contributed by atoms with Gasteiger partial charge < -0.3 is 15.3 Å². The molecule has 2 N–H and O–H groups in total. The van der Waals surface area contributed by atoms with Gasteiger partial charge in [-0.15, -0.1) is 5.10 Å². The normalized spacial score (nSPS) is 17.2. The number of carbonyl (C=O) groups excluding carboxylic acids is 3. The van der Waals surface area contributed by atoms with Gasteiger partial charge in [0, 0.05) is 6.54 Å². The number of para-hydroxylation sites is 1. The van der Waals surface area contributed by atoms with E-state index >= 15 is 0 Å². The Morgan fingerprint density at radius 1 is 1.05 bits per heavy atom. The van der Waals surface area contributed by atoms with E-state index in [4.69, 9.17) is 0 Å². The number of carbonyl (C=O) groups is 4. The summed E-state index contributed by atoms with van der Waals surface area (Å²) in [5.41, 5.74) is 1.53. The summed E-state index contributed by atoms with van der Waals surface area (Å²) in [7, 11) is 0. The fourth-order valence-corrected chi connectivity index (χ4v) is 5.59. The van der Waals surface area contributed by atoms with Crippen molar-refractivity contribution in [3.8, 4) is 5.69 Å². The Bertz CT molecular complexity index is 1460. The molecular weight excluding hydrogens is 548 g/mol. The van der Waals surface area contributed by atoms with Gasteiger partial charge in [-0.05, 0) is 49.8 Å². The van der Waals surface area contributed by atoms with Crippen molar-refractivity contribution in [1.82, 2.24) is 30.1 Å². The van der Waals surface area contributed by atoms with Crippen LogP contribution in [0.25, 0.3) is 5.69 Å². The van der Waals surface area contributed by atoms with Gasteiger partial charge in [0.2, 0.25) is 5.78 Å². The highest BCUT2D eigenvalue weighted by Crippen LogP contribution is 2.38. The molecule has 0 aliphatic carbocycles. The predicted molar refractivity (Wildman–Crippen MR) is 161 cm³/mol. The Hall–Kier alpha value is -4.54. The molecule has 3 amide bonds. The van der Waals surface area contributed by atoms with E-state index in [0.717, 1.165) is 10.5 Å². The minimum absolute atomic E-state index is 0.0998. The van der Waals surface area contributed by atoms with Crippen LogP contribution in [0.1, 0.15) is 81.2 Å². The molecule has 2 aromatic carbocycles. The van der Waals surface area contributed by atoms with Gasteiger partial charge >= 0.3 is 6.09 Å². The van der Waals surface area contributed by atoms with Crippen LogP contribution in [-0.2, 0) is 9.59 Å². The lowest BCUT2D eigenvalue weighted by atomic mass is 9.91. The number of Topliss-reactive ketones (excluding diaryl/α,β-unsaturated/α-hetero) is 1. The Morgan fingerprint density at radius 3 is 2.28 bits per heavy atom. The Balaban J connectivity index is 1.65. The van der Waals surface area contributed by atoms with Crippen LogP contribution in [0.3, 0.4) is 0 Å². The second kappa shape index (κ2) is 13.2. The van der Waals surface area contributed by atoms with E-state index < -0.39 is 47.4 Å². The first-order chi connectivity index (χ1) is 20.4. The topological polar surface area (TPSA) is 138 Å². The number of nitrogens with one attached hydrogen (secondary N) is 1. The number of ketones is 1. The second-order valence-corrected chi connectivity index (χ2v) is 11.9. The van der Waals surface area contributed by atoms with Gasteiger partial charge in [0.1, 0.15) is 12.2 Å². The van der Waals surface area contributed by atoms with Gasteiger partial charge in [-0.25, -0.2) is 4.79 Å². The van der Waals surface area contributed by atoms with Crippen molar-refractivity contribution >= 4 is 23.7 Å². The lowest BCUT2D eigenvalue weighted by Gasteiger charge is -2.37. The standard InChI is InChI=1S/C32H40N6O5/c1-6-7-18-25(28(39)29(40)33-21(2)23-14-10-8-11-15-23)37(31(42)43)26-19-32(4,5)20-36(26)30(41)27-22(3)34-38(35-27)24-16-12-9-13-17-24/h8-17,21,25-26H,6-7,18-20H2,1-5H3,(H,33,40)(H,42,43)/t21?,25-,26?/m0/s1. The monoisotopic (exact) mass is 588 g/mol. The van der Waals surface area contributed by atoms with Gasteiger partial charge in [0.05, 0.1) is 17.4 Å². The molecule has 0 bridgehead atoms. The molecule has 2 heterocycles. The van der Waals surface area contributed by atoms with Crippen LogP contribution in [0.4, 0.5) is 4.79 Å². The molecule has 1 fully saturated rings. The first kappa shape index (κ1) is 31.4. The summed E-state index contributed by atoms with van der Waals surface area (Å²) in [5.74, 6) is -2.19. The van der Waals surface area contributed by atoms with Gasteiger partial charge in [-0.1, -0.05) is 82.1 Å². The highest BCUT2D eigenvalue weighted by Gasteiger charge is 2.49. The van der Waals surface area contributed by atoms with Crippen molar-refractivity contribution in [2.75, 3.05) is 6.54 Å². The number of aromatic nitrogens is 3. The average molecular weight is 589 g/mol. The maximum atomic E-state index is 14.0. The van der Waals surface area contributed by atoms with Crippen molar-refractivity contribution in [2.45, 2.75) is 78.6 Å². The third-order valence-electron chi connectivity index (χ3n) is 7.81. The molecular formula is C32H40N6O5. The number of benzene rings is 2. The summed E-state index contributed by atoms with van der Waals surface area (Å²) in [5, 5.41) is 22.1.